The summed E-state index contributed by atoms with van der Waals surface area (Å²) in [7, 11) is -3.51. The molecule has 1 atom stereocenters. The van der Waals surface area contributed by atoms with E-state index in [1.807, 2.05) is 54.8 Å². The highest BCUT2D eigenvalue weighted by molar-refractivity contribution is 7.88. The van der Waals surface area contributed by atoms with Crippen LogP contribution in [0.4, 0.5) is 0 Å². The average molecular weight is 406 g/mol. The van der Waals surface area contributed by atoms with Crippen LogP contribution in [0.2, 0.25) is 5.15 Å². The molecule has 0 unspecified atom stereocenters. The highest BCUT2D eigenvalue weighted by Crippen LogP contribution is 2.37. The minimum absolute atomic E-state index is 0.298. The lowest BCUT2D eigenvalue weighted by Crippen LogP contribution is -2.38. The molecule has 8 heteroatoms. The Kier molecular flexibility index (Phi) is 4.27. The van der Waals surface area contributed by atoms with E-state index in [4.69, 9.17) is 11.6 Å². The minimum atomic E-state index is -3.51. The van der Waals surface area contributed by atoms with E-state index < -0.39 is 16.1 Å². The van der Waals surface area contributed by atoms with Gasteiger partial charge in [-0.1, -0.05) is 29.8 Å². The van der Waals surface area contributed by atoms with Crippen molar-refractivity contribution in [3.8, 4) is 0 Å². The smallest absolute Gasteiger partial charge is 0.228 e. The SMILES string of the molecule is Cc1ccc2cc([C@H]3C=C(c4cccs4)NN3S(C)(=O)=O)c(Cl)nc2c1. The molecular weight excluding hydrogens is 390 g/mol. The van der Waals surface area contributed by atoms with Gasteiger partial charge in [-0.3, -0.25) is 0 Å². The quantitative estimate of drug-likeness (QED) is 0.666. The molecule has 26 heavy (non-hydrogen) atoms. The van der Waals surface area contributed by atoms with Gasteiger partial charge in [0.25, 0.3) is 0 Å². The lowest BCUT2D eigenvalue weighted by molar-refractivity contribution is 0.351. The van der Waals surface area contributed by atoms with Crippen molar-refractivity contribution < 1.29 is 8.42 Å². The number of rotatable bonds is 3. The zero-order chi connectivity index (χ0) is 18.5. The van der Waals surface area contributed by atoms with E-state index in [1.54, 1.807) is 0 Å². The van der Waals surface area contributed by atoms with E-state index in [0.29, 0.717) is 10.7 Å². The van der Waals surface area contributed by atoms with Crippen LogP contribution in [0.3, 0.4) is 0 Å². The van der Waals surface area contributed by atoms with Crippen molar-refractivity contribution in [2.75, 3.05) is 6.26 Å². The van der Waals surface area contributed by atoms with Crippen LogP contribution in [0.15, 0.2) is 47.9 Å². The number of hydrogen-bond donors (Lipinski definition) is 1. The number of hydrogen-bond acceptors (Lipinski definition) is 5. The number of benzene rings is 1. The van der Waals surface area contributed by atoms with Crippen LogP contribution in [-0.4, -0.2) is 24.1 Å². The van der Waals surface area contributed by atoms with Crippen LogP contribution in [0.5, 0.6) is 0 Å². The molecule has 0 spiro atoms. The summed E-state index contributed by atoms with van der Waals surface area (Å²) in [5.74, 6) is 0. The number of pyridine rings is 1. The number of aromatic nitrogens is 1. The molecule has 0 amide bonds. The number of nitrogens with one attached hydrogen (secondary N) is 1. The molecule has 4 rings (SSSR count). The number of thiophene rings is 1. The Hall–Kier alpha value is -1.93. The van der Waals surface area contributed by atoms with Gasteiger partial charge in [0.1, 0.15) is 5.15 Å². The summed E-state index contributed by atoms with van der Waals surface area (Å²) in [6.07, 6.45) is 3.04. The fourth-order valence-corrected chi connectivity index (χ4v) is 4.81. The van der Waals surface area contributed by atoms with Crippen LogP contribution < -0.4 is 5.43 Å². The predicted octanol–water partition coefficient (Wildman–Crippen LogP) is 4.12. The third-order valence-electron chi connectivity index (χ3n) is 4.22. The number of halogens is 1. The maximum absolute atomic E-state index is 12.3. The van der Waals surface area contributed by atoms with E-state index in [9.17, 15) is 8.42 Å². The van der Waals surface area contributed by atoms with Crippen molar-refractivity contribution in [1.82, 2.24) is 14.8 Å². The van der Waals surface area contributed by atoms with Crippen molar-refractivity contribution in [2.45, 2.75) is 13.0 Å². The molecule has 3 heterocycles. The standard InChI is InChI=1S/C18H16ClN3O2S2/c1-11-5-6-12-9-13(18(19)20-14(12)8-11)16-10-15(17-4-3-7-25-17)21-22(16)26(2,23)24/h3-10,16,21H,1-2H3/t16-/m1/s1. The van der Waals surface area contributed by atoms with Crippen molar-refractivity contribution in [3.05, 3.63) is 69.0 Å². The molecular formula is C18H16ClN3O2S2. The molecule has 0 radical (unpaired) electrons. The molecule has 0 fully saturated rings. The summed E-state index contributed by atoms with van der Waals surface area (Å²) in [6, 6.07) is 11.1. The van der Waals surface area contributed by atoms with Crippen LogP contribution in [-0.2, 0) is 10.0 Å². The lowest BCUT2D eigenvalue weighted by Gasteiger charge is -2.23. The molecule has 0 aliphatic carbocycles. The van der Waals surface area contributed by atoms with E-state index in [-0.39, 0.29) is 0 Å². The molecule has 1 aromatic carbocycles. The Morgan fingerprint density at radius 3 is 2.77 bits per heavy atom. The van der Waals surface area contributed by atoms with E-state index in [1.165, 1.54) is 22.0 Å². The maximum atomic E-state index is 12.3. The lowest BCUT2D eigenvalue weighted by atomic mass is 10.1. The molecule has 134 valence electrons. The predicted molar refractivity (Wildman–Crippen MR) is 106 cm³/mol. The van der Waals surface area contributed by atoms with Gasteiger partial charge in [-0.15, -0.1) is 15.8 Å². The molecule has 3 aromatic rings. The third kappa shape index (κ3) is 3.12. The number of fused-ring (bicyclic) bond motifs is 1. The van der Waals surface area contributed by atoms with Crippen LogP contribution in [0, 0.1) is 6.92 Å². The Labute approximate surface area is 161 Å². The van der Waals surface area contributed by atoms with Crippen molar-refractivity contribution in [3.63, 3.8) is 0 Å². The van der Waals surface area contributed by atoms with Gasteiger partial charge < -0.3 is 5.43 Å². The fraction of sp³-hybridized carbons (Fsp3) is 0.167. The highest BCUT2D eigenvalue weighted by Gasteiger charge is 2.35. The van der Waals surface area contributed by atoms with E-state index in [0.717, 1.165) is 27.0 Å². The summed E-state index contributed by atoms with van der Waals surface area (Å²) in [5.41, 5.74) is 6.27. The number of aryl methyl sites for hydroxylation is 1. The zero-order valence-corrected chi connectivity index (χ0v) is 16.5. The van der Waals surface area contributed by atoms with Gasteiger partial charge in [-0.25, -0.2) is 13.4 Å². The highest BCUT2D eigenvalue weighted by atomic mass is 35.5. The second-order valence-corrected chi connectivity index (χ2v) is 9.40. The molecule has 5 nitrogen and oxygen atoms in total. The van der Waals surface area contributed by atoms with E-state index in [2.05, 4.69) is 10.4 Å². The summed E-state index contributed by atoms with van der Waals surface area (Å²) in [5, 5.41) is 3.16. The topological polar surface area (TPSA) is 62.3 Å². The van der Waals surface area contributed by atoms with Gasteiger partial charge in [0.2, 0.25) is 10.0 Å². The zero-order valence-electron chi connectivity index (χ0n) is 14.1. The molecule has 0 bridgehead atoms. The first-order valence-corrected chi connectivity index (χ1v) is 11.0. The normalized spacial score (nSPS) is 18.1. The molecule has 1 N–H and O–H groups in total. The Morgan fingerprint density at radius 1 is 1.27 bits per heavy atom. The van der Waals surface area contributed by atoms with Gasteiger partial charge in [0.15, 0.2) is 0 Å². The Balaban J connectivity index is 1.86. The molecule has 1 aliphatic rings. The number of nitrogens with zero attached hydrogens (tertiary/aromatic N) is 2. The first kappa shape index (κ1) is 17.5. The minimum Gasteiger partial charge on any atom is -0.304 e. The maximum Gasteiger partial charge on any atom is 0.228 e. The van der Waals surface area contributed by atoms with Gasteiger partial charge in [0.05, 0.1) is 28.4 Å². The summed E-state index contributed by atoms with van der Waals surface area (Å²) < 4.78 is 25.9. The summed E-state index contributed by atoms with van der Waals surface area (Å²) in [4.78, 5) is 5.43. The molecule has 0 saturated heterocycles. The van der Waals surface area contributed by atoms with Crippen molar-refractivity contribution >= 4 is 49.6 Å². The van der Waals surface area contributed by atoms with E-state index >= 15 is 0 Å². The van der Waals surface area contributed by atoms with Gasteiger partial charge in [-0.05, 0) is 42.1 Å². The average Bonchev–Trinajstić information content (AvgIpc) is 3.23. The van der Waals surface area contributed by atoms with Crippen LogP contribution in [0.1, 0.15) is 22.0 Å². The Morgan fingerprint density at radius 2 is 2.08 bits per heavy atom. The second kappa shape index (κ2) is 6.35. The molecule has 2 aromatic heterocycles. The second-order valence-electron chi connectivity index (χ2n) is 6.24. The largest absolute Gasteiger partial charge is 0.304 e. The fourth-order valence-electron chi connectivity index (χ4n) is 3.00. The first-order chi connectivity index (χ1) is 12.3. The first-order valence-electron chi connectivity index (χ1n) is 7.91. The summed E-state index contributed by atoms with van der Waals surface area (Å²) in [6.45, 7) is 1.99. The third-order valence-corrected chi connectivity index (χ3v) is 6.46. The van der Waals surface area contributed by atoms with Crippen LogP contribution >= 0.6 is 22.9 Å². The van der Waals surface area contributed by atoms with Gasteiger partial charge >= 0.3 is 0 Å². The van der Waals surface area contributed by atoms with Gasteiger partial charge in [-0.2, -0.15) is 0 Å². The molecule has 1 aliphatic heterocycles. The number of sulfonamides is 1. The Bertz CT molecular complexity index is 1120. The monoisotopic (exact) mass is 405 g/mol. The van der Waals surface area contributed by atoms with Crippen molar-refractivity contribution in [2.24, 2.45) is 0 Å². The molecule has 0 saturated carbocycles. The van der Waals surface area contributed by atoms with Gasteiger partial charge in [0, 0.05) is 10.9 Å². The number of hydrazine groups is 1. The van der Waals surface area contributed by atoms with Crippen LogP contribution in [0.25, 0.3) is 16.6 Å². The van der Waals surface area contributed by atoms with Crippen molar-refractivity contribution in [1.29, 1.82) is 0 Å². The summed E-state index contributed by atoms with van der Waals surface area (Å²) >= 11 is 7.97.